The number of hydrogen-bond acceptors (Lipinski definition) is 8. The van der Waals surface area contributed by atoms with Gasteiger partial charge in [-0.3, -0.25) is 19.2 Å². The predicted octanol–water partition coefficient (Wildman–Crippen LogP) is -1.58. The molecule has 166 valence electrons. The Morgan fingerprint density at radius 2 is 1.55 bits per heavy atom. The molecule has 7 N–H and O–H groups in total. The van der Waals surface area contributed by atoms with Crippen molar-refractivity contribution in [3.8, 4) is 0 Å². The molecule has 4 unspecified atom stereocenters. The first-order valence-corrected chi connectivity index (χ1v) is 10.8. The zero-order valence-corrected chi connectivity index (χ0v) is 17.9. The summed E-state index contributed by atoms with van der Waals surface area (Å²) in [7, 11) is 0. The van der Waals surface area contributed by atoms with Crippen LogP contribution in [0.25, 0.3) is 0 Å². The third-order valence-corrected chi connectivity index (χ3v) is 4.83. The van der Waals surface area contributed by atoms with Crippen molar-refractivity contribution in [3.63, 3.8) is 0 Å². The van der Waals surface area contributed by atoms with Gasteiger partial charge in [-0.25, -0.2) is 4.79 Å². The van der Waals surface area contributed by atoms with Gasteiger partial charge in [0.2, 0.25) is 17.7 Å². The van der Waals surface area contributed by atoms with Crippen molar-refractivity contribution in [1.29, 1.82) is 0 Å². The van der Waals surface area contributed by atoms with E-state index in [0.717, 1.165) is 0 Å². The zero-order valence-electron chi connectivity index (χ0n) is 16.2. The average Bonchev–Trinajstić information content (AvgIpc) is 2.66. The van der Waals surface area contributed by atoms with Gasteiger partial charge in [-0.15, -0.1) is 0 Å². The van der Waals surface area contributed by atoms with E-state index >= 15 is 0 Å². The molecule has 0 bridgehead atoms. The Labute approximate surface area is 178 Å². The second kappa shape index (κ2) is 14.1. The van der Waals surface area contributed by atoms with Gasteiger partial charge in [-0.2, -0.15) is 24.4 Å². The molecular formula is C16H28N4O7S2. The van der Waals surface area contributed by atoms with Crippen LogP contribution >= 0.6 is 24.4 Å². The number of hydrogen-bond donors (Lipinski definition) is 7. The fourth-order valence-electron chi connectivity index (χ4n) is 2.07. The number of nitrogens with two attached hydrogens (primary N) is 1. The highest BCUT2D eigenvalue weighted by molar-refractivity contribution is 7.98. The van der Waals surface area contributed by atoms with Gasteiger partial charge < -0.3 is 31.9 Å². The average molecular weight is 453 g/mol. The lowest BCUT2D eigenvalue weighted by Crippen LogP contribution is -2.56. The molecule has 0 saturated heterocycles. The number of carboxylic acids is 2. The Balaban J connectivity index is 5.01. The molecule has 0 aromatic carbocycles. The smallest absolute Gasteiger partial charge is 0.326 e. The number of thioether (sulfide) groups is 1. The van der Waals surface area contributed by atoms with Gasteiger partial charge in [-0.1, -0.05) is 0 Å². The molecule has 0 aromatic heterocycles. The van der Waals surface area contributed by atoms with Crippen LogP contribution in [0.4, 0.5) is 0 Å². The molecule has 0 heterocycles. The molecule has 0 spiro atoms. The molecule has 4 atom stereocenters. The van der Waals surface area contributed by atoms with E-state index in [1.807, 2.05) is 0 Å². The second-order valence-electron chi connectivity index (χ2n) is 6.19. The fraction of sp³-hybridized carbons (Fsp3) is 0.688. The molecule has 0 aromatic rings. The number of aliphatic carboxylic acids is 2. The SMILES string of the molecule is CSCCC(NC(=O)C(C)NC(=O)C(CCC(=O)O)NC(=O)C(N)CS)C(=O)O. The topological polar surface area (TPSA) is 188 Å². The molecular weight excluding hydrogens is 424 g/mol. The van der Waals surface area contributed by atoms with Crippen LogP contribution in [0, 0.1) is 0 Å². The summed E-state index contributed by atoms with van der Waals surface area (Å²) in [4.78, 5) is 58.6. The number of carbonyl (C=O) groups is 5. The van der Waals surface area contributed by atoms with Crippen molar-refractivity contribution in [3.05, 3.63) is 0 Å². The van der Waals surface area contributed by atoms with Gasteiger partial charge in [0.1, 0.15) is 18.1 Å². The number of carbonyl (C=O) groups excluding carboxylic acids is 3. The van der Waals surface area contributed by atoms with E-state index in [1.54, 1.807) is 6.26 Å². The molecule has 0 aliphatic heterocycles. The van der Waals surface area contributed by atoms with E-state index in [9.17, 15) is 24.0 Å². The molecule has 0 aliphatic rings. The number of carboxylic acid groups (broad SMARTS) is 2. The lowest BCUT2D eigenvalue weighted by Gasteiger charge is -2.23. The van der Waals surface area contributed by atoms with E-state index < -0.39 is 60.2 Å². The first-order chi connectivity index (χ1) is 13.5. The summed E-state index contributed by atoms with van der Waals surface area (Å²) < 4.78 is 0. The Hall–Kier alpha value is -1.99. The summed E-state index contributed by atoms with van der Waals surface area (Å²) in [6, 6.07) is -4.44. The van der Waals surface area contributed by atoms with Crippen LogP contribution in [0.1, 0.15) is 26.2 Å². The van der Waals surface area contributed by atoms with Gasteiger partial charge in [0.15, 0.2) is 0 Å². The number of amides is 3. The van der Waals surface area contributed by atoms with Crippen LogP contribution < -0.4 is 21.7 Å². The van der Waals surface area contributed by atoms with Gasteiger partial charge in [0.05, 0.1) is 6.04 Å². The highest BCUT2D eigenvalue weighted by Crippen LogP contribution is 2.03. The van der Waals surface area contributed by atoms with Crippen molar-refractivity contribution in [2.45, 2.75) is 50.4 Å². The first-order valence-electron chi connectivity index (χ1n) is 8.74. The van der Waals surface area contributed by atoms with Gasteiger partial charge in [0, 0.05) is 12.2 Å². The monoisotopic (exact) mass is 452 g/mol. The third kappa shape index (κ3) is 10.9. The summed E-state index contributed by atoms with van der Waals surface area (Å²) in [6.07, 6.45) is 1.40. The summed E-state index contributed by atoms with van der Waals surface area (Å²) in [5, 5.41) is 25.0. The van der Waals surface area contributed by atoms with E-state index in [0.29, 0.717) is 5.75 Å². The fourth-order valence-corrected chi connectivity index (χ4v) is 2.70. The van der Waals surface area contributed by atoms with Crippen LogP contribution in [0.5, 0.6) is 0 Å². The minimum absolute atomic E-state index is 0.0184. The van der Waals surface area contributed by atoms with Crippen molar-refractivity contribution in [2.24, 2.45) is 5.73 Å². The van der Waals surface area contributed by atoms with Crippen molar-refractivity contribution in [2.75, 3.05) is 17.8 Å². The Bertz CT molecular complexity index is 606. The van der Waals surface area contributed by atoms with Crippen molar-refractivity contribution < 1.29 is 34.2 Å². The number of thiol groups is 1. The normalized spacial score (nSPS) is 14.8. The molecule has 0 saturated carbocycles. The Morgan fingerprint density at radius 1 is 0.966 bits per heavy atom. The summed E-state index contributed by atoms with van der Waals surface area (Å²) in [6.45, 7) is 1.34. The summed E-state index contributed by atoms with van der Waals surface area (Å²) in [5.74, 6) is -4.02. The molecule has 0 rings (SSSR count). The largest absolute Gasteiger partial charge is 0.481 e. The highest BCUT2D eigenvalue weighted by atomic mass is 32.2. The van der Waals surface area contributed by atoms with E-state index in [1.165, 1.54) is 18.7 Å². The lowest BCUT2D eigenvalue weighted by atomic mass is 10.1. The van der Waals surface area contributed by atoms with Crippen LogP contribution in [0.15, 0.2) is 0 Å². The third-order valence-electron chi connectivity index (χ3n) is 3.79. The maximum Gasteiger partial charge on any atom is 0.326 e. The molecule has 0 radical (unpaired) electrons. The Morgan fingerprint density at radius 3 is 2.03 bits per heavy atom. The molecule has 0 aliphatic carbocycles. The molecule has 3 amide bonds. The molecule has 29 heavy (non-hydrogen) atoms. The summed E-state index contributed by atoms with van der Waals surface area (Å²) in [5.41, 5.74) is 5.54. The van der Waals surface area contributed by atoms with Crippen LogP contribution in [-0.4, -0.2) is 81.8 Å². The van der Waals surface area contributed by atoms with Crippen LogP contribution in [-0.2, 0) is 24.0 Å². The first kappa shape index (κ1) is 27.0. The molecule has 0 fully saturated rings. The maximum atomic E-state index is 12.4. The van der Waals surface area contributed by atoms with Gasteiger partial charge in [0.25, 0.3) is 0 Å². The maximum absolute atomic E-state index is 12.4. The quantitative estimate of drug-likeness (QED) is 0.153. The highest BCUT2D eigenvalue weighted by Gasteiger charge is 2.28. The van der Waals surface area contributed by atoms with Crippen molar-refractivity contribution >= 4 is 54.1 Å². The lowest BCUT2D eigenvalue weighted by molar-refractivity contribution is -0.142. The van der Waals surface area contributed by atoms with E-state index in [4.69, 9.17) is 15.9 Å². The number of rotatable bonds is 14. The Kier molecular flexibility index (Phi) is 13.1. The van der Waals surface area contributed by atoms with Crippen LogP contribution in [0.2, 0.25) is 0 Å². The molecule has 11 nitrogen and oxygen atoms in total. The standard InChI is InChI=1S/C16H28N4O7S2/c1-8(13(23)20-11(16(26)27)5-6-29-2)18-15(25)10(3-4-12(21)22)19-14(24)9(17)7-28/h8-11,28H,3-7,17H2,1-2H3,(H,18,25)(H,19,24)(H,20,23)(H,21,22)(H,26,27). The van der Waals surface area contributed by atoms with Gasteiger partial charge in [-0.05, 0) is 31.8 Å². The van der Waals surface area contributed by atoms with E-state index in [-0.39, 0.29) is 18.6 Å². The van der Waals surface area contributed by atoms with Crippen LogP contribution in [0.3, 0.4) is 0 Å². The predicted molar refractivity (Wildman–Crippen MR) is 111 cm³/mol. The minimum atomic E-state index is -1.23. The van der Waals surface area contributed by atoms with Gasteiger partial charge >= 0.3 is 11.9 Å². The van der Waals surface area contributed by atoms with Crippen molar-refractivity contribution in [1.82, 2.24) is 16.0 Å². The minimum Gasteiger partial charge on any atom is -0.481 e. The van der Waals surface area contributed by atoms with E-state index in [2.05, 4.69) is 28.6 Å². The molecule has 13 heteroatoms. The second-order valence-corrected chi connectivity index (χ2v) is 7.54. The number of nitrogens with one attached hydrogen (secondary N) is 3. The summed E-state index contributed by atoms with van der Waals surface area (Å²) >= 11 is 5.31. The zero-order chi connectivity index (χ0) is 22.6.